The van der Waals surface area contributed by atoms with Gasteiger partial charge in [-0.05, 0) is 225 Å². The molecular formula is C57H88N4O12. The predicted octanol–water partition coefficient (Wildman–Crippen LogP) is 8.82. The van der Waals surface area contributed by atoms with E-state index in [2.05, 4.69) is 21.3 Å². The number of ether oxygens (including phenoxy) is 8. The van der Waals surface area contributed by atoms with E-state index in [9.17, 15) is 19.2 Å². The molecule has 4 N–H and O–H groups in total. The zero-order valence-corrected chi connectivity index (χ0v) is 43.8. The summed E-state index contributed by atoms with van der Waals surface area (Å²) < 4.78 is 48.1. The fourth-order valence-electron chi connectivity index (χ4n) is 20.2. The van der Waals surface area contributed by atoms with Crippen LogP contribution in [-0.4, -0.2) is 126 Å². The third-order valence-electron chi connectivity index (χ3n) is 21.1. The molecule has 0 saturated heterocycles. The molecule has 0 aliphatic heterocycles. The summed E-state index contributed by atoms with van der Waals surface area (Å²) >= 11 is 0. The standard InChI is InChI=1S/C57H88N4O12/c62-49(58-54-21-37-9-38(22-54)11-39(10-37)23-54)70-5-1-66-33-53(34-67-2-6-71-50(63)59-55-24-40-12-41(25-55)14-42(13-40)26-55,35-68-3-7-72-51(64)60-56-27-43-15-44(28-56)17-45(16-43)29-56)36-69-4-8-73-52(65)61-57-30-46-18-47(31-57)20-48(19-46)32-57/h37-48H,1-36H2,(H,58,62)(H,59,63)(H,60,64)(H,61,65). The van der Waals surface area contributed by atoms with Crippen molar-refractivity contribution in [2.24, 2.45) is 76.4 Å². The fraction of sp³-hybridized carbons (Fsp3) is 0.930. The maximum Gasteiger partial charge on any atom is 0.407 e. The van der Waals surface area contributed by atoms with Crippen molar-refractivity contribution >= 4 is 24.4 Å². The van der Waals surface area contributed by atoms with Gasteiger partial charge in [0.15, 0.2) is 0 Å². The Morgan fingerprint density at radius 1 is 0.288 bits per heavy atom. The van der Waals surface area contributed by atoms with Crippen LogP contribution in [0.5, 0.6) is 0 Å². The zero-order chi connectivity index (χ0) is 49.7. The van der Waals surface area contributed by atoms with Gasteiger partial charge in [-0.2, -0.15) is 0 Å². The van der Waals surface area contributed by atoms with Crippen molar-refractivity contribution in [2.45, 2.75) is 176 Å². The normalized spacial score (nSPS) is 42.1. The van der Waals surface area contributed by atoms with Gasteiger partial charge in [-0.15, -0.1) is 0 Å². The first-order valence-corrected chi connectivity index (χ1v) is 29.5. The molecule has 0 aromatic heterocycles. The van der Waals surface area contributed by atoms with E-state index in [1.54, 1.807) is 0 Å². The van der Waals surface area contributed by atoms with Crippen LogP contribution in [0.1, 0.15) is 154 Å². The van der Waals surface area contributed by atoms with Gasteiger partial charge in [0.05, 0.1) is 58.3 Å². The van der Waals surface area contributed by atoms with Crippen molar-refractivity contribution in [1.82, 2.24) is 21.3 Å². The van der Waals surface area contributed by atoms with Crippen LogP contribution in [0.4, 0.5) is 19.2 Å². The van der Waals surface area contributed by atoms with Crippen LogP contribution in [0.3, 0.4) is 0 Å². The van der Waals surface area contributed by atoms with Gasteiger partial charge in [-0.3, -0.25) is 0 Å². The molecule has 16 fully saturated rings. The highest BCUT2D eigenvalue weighted by Gasteiger charge is 2.55. The van der Waals surface area contributed by atoms with E-state index in [-0.39, 0.29) is 101 Å². The van der Waals surface area contributed by atoms with Crippen LogP contribution >= 0.6 is 0 Å². The lowest BCUT2D eigenvalue weighted by Gasteiger charge is -2.56. The van der Waals surface area contributed by atoms with Crippen LogP contribution in [0.25, 0.3) is 0 Å². The minimum atomic E-state index is -0.883. The van der Waals surface area contributed by atoms with Gasteiger partial charge < -0.3 is 59.2 Å². The summed E-state index contributed by atoms with van der Waals surface area (Å²) in [4.78, 5) is 52.8. The van der Waals surface area contributed by atoms with Crippen molar-refractivity contribution < 1.29 is 57.1 Å². The molecule has 0 spiro atoms. The molecule has 408 valence electrons. The first-order valence-electron chi connectivity index (χ1n) is 29.5. The van der Waals surface area contributed by atoms with Gasteiger partial charge in [-0.1, -0.05) is 0 Å². The highest BCUT2D eigenvalue weighted by atomic mass is 16.6. The van der Waals surface area contributed by atoms with Gasteiger partial charge in [0.2, 0.25) is 0 Å². The Hall–Kier alpha value is -3.08. The summed E-state index contributed by atoms with van der Waals surface area (Å²) in [6.07, 6.45) is 26.5. The van der Waals surface area contributed by atoms with Crippen molar-refractivity contribution in [3.8, 4) is 0 Å². The van der Waals surface area contributed by atoms with Gasteiger partial charge in [0, 0.05) is 22.2 Å². The molecule has 4 amide bonds. The second-order valence-corrected chi connectivity index (χ2v) is 27.5. The molecule has 0 radical (unpaired) electrons. The Bertz CT molecular complexity index is 1580. The summed E-state index contributed by atoms with van der Waals surface area (Å²) in [7, 11) is 0. The Morgan fingerprint density at radius 2 is 0.452 bits per heavy atom. The Labute approximate surface area is 433 Å². The monoisotopic (exact) mass is 1020 g/mol. The molecule has 0 atom stereocenters. The highest BCUT2D eigenvalue weighted by Crippen LogP contribution is 2.59. The van der Waals surface area contributed by atoms with E-state index in [1.807, 2.05) is 0 Å². The third kappa shape index (κ3) is 11.9. The smallest absolute Gasteiger partial charge is 0.407 e. The Morgan fingerprint density at radius 3 is 0.616 bits per heavy atom. The highest BCUT2D eigenvalue weighted by molar-refractivity contribution is 5.70. The number of hydrogen-bond donors (Lipinski definition) is 4. The van der Waals surface area contributed by atoms with Crippen molar-refractivity contribution in [1.29, 1.82) is 0 Å². The lowest BCUT2D eigenvalue weighted by atomic mass is 9.53. The van der Waals surface area contributed by atoms with Crippen LogP contribution in [0.2, 0.25) is 0 Å². The summed E-state index contributed by atoms with van der Waals surface area (Å²) in [5, 5.41) is 13.1. The predicted molar refractivity (Wildman–Crippen MR) is 267 cm³/mol. The van der Waals surface area contributed by atoms with Crippen LogP contribution in [0.15, 0.2) is 0 Å². The number of amides is 4. The van der Waals surface area contributed by atoms with Gasteiger partial charge in [0.1, 0.15) is 26.4 Å². The number of carbonyl (C=O) groups is 4. The van der Waals surface area contributed by atoms with Gasteiger partial charge in [-0.25, -0.2) is 19.2 Å². The summed E-state index contributed by atoms with van der Waals surface area (Å²) in [5.74, 6) is 8.45. The van der Waals surface area contributed by atoms with Crippen molar-refractivity contribution in [2.75, 3.05) is 79.3 Å². The number of nitrogens with one attached hydrogen (secondary N) is 4. The van der Waals surface area contributed by atoms with Crippen molar-refractivity contribution in [3.63, 3.8) is 0 Å². The first-order chi connectivity index (χ1) is 35.3. The number of hydrogen-bond acceptors (Lipinski definition) is 12. The van der Waals surface area contributed by atoms with E-state index in [4.69, 9.17) is 37.9 Å². The second kappa shape index (κ2) is 21.0. The van der Waals surface area contributed by atoms with Crippen LogP contribution in [0, 0.1) is 76.4 Å². The second-order valence-electron chi connectivity index (χ2n) is 27.5. The molecule has 0 aromatic carbocycles. The Kier molecular flexibility index (Phi) is 14.6. The summed E-state index contributed by atoms with van der Waals surface area (Å²) in [6.45, 7) is 1.37. The largest absolute Gasteiger partial charge is 0.447 e. The molecule has 0 unspecified atom stereocenters. The molecule has 16 rings (SSSR count). The van der Waals surface area contributed by atoms with Gasteiger partial charge >= 0.3 is 24.4 Å². The van der Waals surface area contributed by atoms with Crippen molar-refractivity contribution in [3.05, 3.63) is 0 Å². The fourth-order valence-corrected chi connectivity index (χ4v) is 20.2. The lowest BCUT2D eigenvalue weighted by Crippen LogP contribution is -2.60. The minimum absolute atomic E-state index is 0.0723. The Balaban J connectivity index is 0.648. The van der Waals surface area contributed by atoms with E-state index < -0.39 is 29.8 Å². The average molecular weight is 1020 g/mol. The first kappa shape index (κ1) is 50.7. The molecule has 16 heteroatoms. The van der Waals surface area contributed by atoms with E-state index in [0.29, 0.717) is 71.0 Å². The van der Waals surface area contributed by atoms with Crippen LogP contribution in [-0.2, 0) is 37.9 Å². The van der Waals surface area contributed by atoms with Gasteiger partial charge in [0.25, 0.3) is 0 Å². The molecule has 16 bridgehead atoms. The maximum atomic E-state index is 13.2. The third-order valence-corrected chi connectivity index (χ3v) is 21.1. The molecular weight excluding hydrogens is 933 g/mol. The molecule has 16 nitrogen and oxygen atoms in total. The molecule has 16 aliphatic carbocycles. The molecule has 16 saturated carbocycles. The average Bonchev–Trinajstić information content (AvgIpc) is 3.28. The van der Waals surface area contributed by atoms with E-state index in [0.717, 1.165) is 77.0 Å². The van der Waals surface area contributed by atoms with E-state index >= 15 is 0 Å². The number of rotatable bonds is 24. The summed E-state index contributed by atoms with van der Waals surface area (Å²) in [6, 6.07) is 0. The quantitative estimate of drug-likeness (QED) is 0.0532. The molecule has 0 aromatic rings. The maximum absolute atomic E-state index is 13.2. The minimum Gasteiger partial charge on any atom is -0.447 e. The SMILES string of the molecule is O=C(NC12CC3CC(CC(C3)C1)C2)OCCOCC(COCCOC(=O)NC12CC3CC(CC(C3)C1)C2)(COCCOC(=O)NC12CC3CC(CC(C3)C1)C2)COCCOC(=O)NC12CC3CC(CC(C3)C1)C2. The number of carbonyl (C=O) groups excluding carboxylic acids is 4. The van der Waals surface area contributed by atoms with Crippen LogP contribution < -0.4 is 21.3 Å². The zero-order valence-electron chi connectivity index (χ0n) is 43.8. The summed E-state index contributed by atoms with van der Waals surface area (Å²) in [5.41, 5.74) is -1.47. The topological polar surface area (TPSA) is 190 Å². The molecule has 73 heavy (non-hydrogen) atoms. The lowest BCUT2D eigenvalue weighted by molar-refractivity contribution is -0.116. The molecule has 0 heterocycles. The van der Waals surface area contributed by atoms with E-state index in [1.165, 1.54) is 77.0 Å². The number of alkyl carbamates (subject to hydrolysis) is 4. The molecule has 16 aliphatic rings.